The van der Waals surface area contributed by atoms with Gasteiger partial charge in [-0.2, -0.15) is 4.57 Å². The van der Waals surface area contributed by atoms with Gasteiger partial charge in [-0.1, -0.05) is 100 Å². The smallest absolute Gasteiger partial charge is 0.386 e. The van der Waals surface area contributed by atoms with Gasteiger partial charge >= 0.3 is 7.82 Å². The van der Waals surface area contributed by atoms with Gasteiger partial charge in [0, 0.05) is 0 Å². The van der Waals surface area contributed by atoms with E-state index in [2.05, 4.69) is 6.92 Å². The van der Waals surface area contributed by atoms with Gasteiger partial charge in [0.05, 0.1) is 0 Å². The van der Waals surface area contributed by atoms with Crippen molar-refractivity contribution in [1.82, 2.24) is 0 Å². The van der Waals surface area contributed by atoms with Crippen molar-refractivity contribution in [3.05, 3.63) is 90.5 Å². The fraction of sp³-hybridized carbons (Fsp3) is 0.357. The fourth-order valence-electron chi connectivity index (χ4n) is 3.59. The van der Waals surface area contributed by atoms with Gasteiger partial charge in [-0.25, -0.2) is 0 Å². The minimum absolute atomic E-state index is 0.420. The number of unbranched alkanes of at least 4 members (excludes halogenated alkanes) is 7. The second-order valence-corrected chi connectivity index (χ2v) is 9.66. The molecule has 3 aromatic rings. The lowest BCUT2D eigenvalue weighted by Crippen LogP contribution is -2.07. The molecule has 0 bridgehead atoms. The highest BCUT2D eigenvalue weighted by Gasteiger charge is 2.33. The van der Waals surface area contributed by atoms with Crippen molar-refractivity contribution >= 4 is 7.82 Å². The molecule has 3 aromatic carbocycles. The summed E-state index contributed by atoms with van der Waals surface area (Å²) < 4.78 is 30.6. The lowest BCUT2D eigenvalue weighted by atomic mass is 10.0. The molecule has 176 valence electrons. The highest BCUT2D eigenvalue weighted by Crippen LogP contribution is 2.49. The summed E-state index contributed by atoms with van der Waals surface area (Å²) in [4.78, 5) is 0. The van der Waals surface area contributed by atoms with Crippen LogP contribution >= 0.6 is 7.82 Å². The Morgan fingerprint density at radius 2 is 0.970 bits per heavy atom. The molecule has 0 heterocycles. The van der Waals surface area contributed by atoms with Gasteiger partial charge in [0.25, 0.3) is 0 Å². The second kappa shape index (κ2) is 13.7. The summed E-state index contributed by atoms with van der Waals surface area (Å²) >= 11 is 0. The number of rotatable bonds is 15. The first-order valence-corrected chi connectivity index (χ1v) is 13.5. The van der Waals surface area contributed by atoms with Gasteiger partial charge in [-0.15, -0.1) is 0 Å². The van der Waals surface area contributed by atoms with E-state index in [0.29, 0.717) is 17.2 Å². The first-order valence-electron chi connectivity index (χ1n) is 12.0. The first-order chi connectivity index (χ1) is 16.2. The van der Waals surface area contributed by atoms with Crippen molar-refractivity contribution in [2.75, 3.05) is 0 Å². The van der Waals surface area contributed by atoms with Gasteiger partial charge in [0.1, 0.15) is 17.2 Å². The normalized spacial score (nSPS) is 11.2. The number of phosphoric ester groups is 1. The molecule has 5 heteroatoms. The van der Waals surface area contributed by atoms with E-state index in [4.69, 9.17) is 13.6 Å². The third-order valence-corrected chi connectivity index (χ3v) is 6.68. The molecule has 4 nitrogen and oxygen atoms in total. The van der Waals surface area contributed by atoms with Crippen LogP contribution in [0.3, 0.4) is 0 Å². The monoisotopic (exact) mass is 466 g/mol. The molecule has 0 amide bonds. The van der Waals surface area contributed by atoms with Crippen LogP contribution in [-0.4, -0.2) is 0 Å². The van der Waals surface area contributed by atoms with Crippen molar-refractivity contribution in [2.45, 2.75) is 64.7 Å². The van der Waals surface area contributed by atoms with E-state index in [-0.39, 0.29) is 0 Å². The molecule has 0 unspecified atom stereocenters. The highest BCUT2D eigenvalue weighted by atomic mass is 31.2. The maximum absolute atomic E-state index is 13.5. The molecule has 0 fully saturated rings. The summed E-state index contributed by atoms with van der Waals surface area (Å²) in [6.45, 7) is 2.25. The summed E-state index contributed by atoms with van der Waals surface area (Å²) in [5, 5.41) is 0. The number of para-hydroxylation sites is 2. The third kappa shape index (κ3) is 9.35. The van der Waals surface area contributed by atoms with E-state index in [9.17, 15) is 4.57 Å². The average Bonchev–Trinajstić information content (AvgIpc) is 2.83. The Hall–Kier alpha value is -2.71. The minimum Gasteiger partial charge on any atom is -0.386 e. The van der Waals surface area contributed by atoms with E-state index in [1.54, 1.807) is 24.3 Å². The lowest BCUT2D eigenvalue weighted by Gasteiger charge is -2.19. The van der Waals surface area contributed by atoms with Crippen LogP contribution in [0.4, 0.5) is 0 Å². The van der Waals surface area contributed by atoms with Gasteiger partial charge in [-0.3, -0.25) is 0 Å². The largest absolute Gasteiger partial charge is 0.647 e. The first kappa shape index (κ1) is 24.9. The van der Waals surface area contributed by atoms with Crippen LogP contribution in [0.15, 0.2) is 84.9 Å². The van der Waals surface area contributed by atoms with Crippen LogP contribution in [0.5, 0.6) is 17.2 Å². The molecule has 0 saturated carbocycles. The third-order valence-electron chi connectivity index (χ3n) is 5.38. The standard InChI is InChI=1S/C28H35O4P/c1-2-3-4-5-6-7-8-11-16-25-21-23-28(24-22-25)32-33(29,30-26-17-12-9-13-18-26)31-27-19-14-10-15-20-27/h9-10,12-15,17-24H,2-8,11,16H2,1H3. The number of benzene rings is 3. The van der Waals surface area contributed by atoms with Crippen LogP contribution in [0.2, 0.25) is 0 Å². The molecule has 0 saturated heterocycles. The van der Waals surface area contributed by atoms with E-state index < -0.39 is 7.82 Å². The zero-order valence-electron chi connectivity index (χ0n) is 19.5. The molecule has 0 spiro atoms. The van der Waals surface area contributed by atoms with Crippen molar-refractivity contribution in [3.8, 4) is 17.2 Å². The zero-order valence-corrected chi connectivity index (χ0v) is 20.4. The molecule has 0 aliphatic carbocycles. The highest BCUT2D eigenvalue weighted by molar-refractivity contribution is 7.49. The van der Waals surface area contributed by atoms with Crippen molar-refractivity contribution < 1.29 is 18.1 Å². The Morgan fingerprint density at radius 3 is 1.45 bits per heavy atom. The Bertz CT molecular complexity index is 913. The van der Waals surface area contributed by atoms with Crippen LogP contribution in [0, 0.1) is 0 Å². The predicted octanol–water partition coefficient (Wildman–Crippen LogP) is 9.01. The van der Waals surface area contributed by atoms with Crippen molar-refractivity contribution in [3.63, 3.8) is 0 Å². The average molecular weight is 467 g/mol. The van der Waals surface area contributed by atoms with E-state index in [1.165, 1.54) is 56.9 Å². The van der Waals surface area contributed by atoms with Gasteiger partial charge < -0.3 is 13.6 Å². The van der Waals surface area contributed by atoms with E-state index >= 15 is 0 Å². The Labute approximate surface area is 198 Å². The van der Waals surface area contributed by atoms with Gasteiger partial charge in [0.15, 0.2) is 0 Å². The summed E-state index contributed by atoms with van der Waals surface area (Å²) in [7, 11) is -3.94. The molecular weight excluding hydrogens is 431 g/mol. The van der Waals surface area contributed by atoms with Crippen LogP contribution in [-0.2, 0) is 11.0 Å². The maximum Gasteiger partial charge on any atom is 0.647 e. The van der Waals surface area contributed by atoms with Crippen molar-refractivity contribution in [2.24, 2.45) is 0 Å². The molecule has 3 rings (SSSR count). The number of hydrogen-bond acceptors (Lipinski definition) is 4. The van der Waals surface area contributed by atoms with Crippen LogP contribution < -0.4 is 13.6 Å². The van der Waals surface area contributed by atoms with Crippen LogP contribution in [0.25, 0.3) is 0 Å². The van der Waals surface area contributed by atoms with Crippen LogP contribution in [0.1, 0.15) is 63.9 Å². The SMILES string of the molecule is CCCCCCCCCCc1ccc(OP(=O)(Oc2ccccc2)Oc2ccccc2)cc1. The Balaban J connectivity index is 1.54. The molecule has 33 heavy (non-hydrogen) atoms. The zero-order chi connectivity index (χ0) is 23.2. The Morgan fingerprint density at radius 1 is 0.545 bits per heavy atom. The molecule has 0 atom stereocenters. The predicted molar refractivity (Wildman–Crippen MR) is 135 cm³/mol. The molecule has 0 radical (unpaired) electrons. The molecular formula is C28H35O4P. The number of aryl methyl sites for hydroxylation is 1. The summed E-state index contributed by atoms with van der Waals surface area (Å²) in [5.74, 6) is 1.29. The maximum atomic E-state index is 13.5. The molecule has 0 N–H and O–H groups in total. The lowest BCUT2D eigenvalue weighted by molar-refractivity contribution is 0.298. The quantitative estimate of drug-likeness (QED) is 0.166. The summed E-state index contributed by atoms with van der Waals surface area (Å²) in [5.41, 5.74) is 1.25. The minimum atomic E-state index is -3.94. The molecule has 0 aliphatic heterocycles. The molecule has 0 aliphatic rings. The van der Waals surface area contributed by atoms with E-state index in [1.807, 2.05) is 60.7 Å². The fourth-order valence-corrected chi connectivity index (χ4v) is 4.84. The number of hydrogen-bond donors (Lipinski definition) is 0. The van der Waals surface area contributed by atoms with E-state index in [0.717, 1.165) is 6.42 Å². The van der Waals surface area contributed by atoms with Gasteiger partial charge in [0.2, 0.25) is 0 Å². The number of phosphoric acid groups is 1. The topological polar surface area (TPSA) is 44.8 Å². The van der Waals surface area contributed by atoms with Crippen molar-refractivity contribution in [1.29, 1.82) is 0 Å². The Kier molecular flexibility index (Phi) is 10.4. The van der Waals surface area contributed by atoms with Gasteiger partial charge in [-0.05, 0) is 54.8 Å². The summed E-state index contributed by atoms with van der Waals surface area (Å²) in [6.07, 6.45) is 11.5. The molecule has 0 aromatic heterocycles. The summed E-state index contributed by atoms with van der Waals surface area (Å²) in [6, 6.07) is 25.5. The second-order valence-electron chi connectivity index (χ2n) is 8.22.